The number of aromatic hydroxyl groups is 1. The molecule has 0 bridgehead atoms. The van der Waals surface area contributed by atoms with Crippen molar-refractivity contribution >= 4 is 46.3 Å². The van der Waals surface area contributed by atoms with Gasteiger partial charge in [-0.15, -0.1) is 0 Å². The Morgan fingerprint density at radius 1 is 1.17 bits per heavy atom. The highest BCUT2D eigenvalue weighted by Gasteiger charge is 2.27. The van der Waals surface area contributed by atoms with Gasteiger partial charge in [0, 0.05) is 43.7 Å². The van der Waals surface area contributed by atoms with Crippen molar-refractivity contribution in [2.75, 3.05) is 50.1 Å². The minimum atomic E-state index is -1.05. The Morgan fingerprint density at radius 3 is 2.53 bits per heavy atom. The molecule has 0 atom stereocenters. The number of aromatic nitrogens is 2. The standard InChI is InChI=1S/C23H22ClF2N5O5/c1-36-16(33)5-6-27-22-28-20-12(21(29-22)30-7-9-31(10-8-30)23(34)35)11-13(24)17(19(20)26)18-14(25)3-2-4-15(18)32/h2-4,11,32H,5-10H2,1H3,(H,34,35)(H,27,28,29). The highest BCUT2D eigenvalue weighted by molar-refractivity contribution is 6.34. The molecule has 190 valence electrons. The Labute approximate surface area is 209 Å². The van der Waals surface area contributed by atoms with Crippen molar-refractivity contribution in [3.8, 4) is 16.9 Å². The number of phenols is 1. The maximum atomic E-state index is 15.9. The molecule has 0 aliphatic carbocycles. The van der Waals surface area contributed by atoms with Crippen LogP contribution in [-0.4, -0.2) is 77.0 Å². The molecule has 0 radical (unpaired) electrons. The molecule has 1 aliphatic heterocycles. The number of ether oxygens (including phenoxy) is 1. The van der Waals surface area contributed by atoms with Gasteiger partial charge in [0.1, 0.15) is 22.9 Å². The average Bonchev–Trinajstić information content (AvgIpc) is 2.85. The molecular formula is C23H22ClF2N5O5. The number of benzene rings is 2. The summed E-state index contributed by atoms with van der Waals surface area (Å²) in [6.45, 7) is 1.04. The lowest BCUT2D eigenvalue weighted by Gasteiger charge is -2.34. The summed E-state index contributed by atoms with van der Waals surface area (Å²) in [5, 5.41) is 22.4. The van der Waals surface area contributed by atoms with Crippen LogP contribution in [0.1, 0.15) is 6.42 Å². The molecule has 1 fully saturated rings. The lowest BCUT2D eigenvalue weighted by Crippen LogP contribution is -2.48. The Morgan fingerprint density at radius 2 is 1.89 bits per heavy atom. The number of nitrogens with one attached hydrogen (secondary N) is 1. The third kappa shape index (κ3) is 4.89. The van der Waals surface area contributed by atoms with E-state index < -0.39 is 35.0 Å². The van der Waals surface area contributed by atoms with Gasteiger partial charge in [-0.25, -0.2) is 18.6 Å². The van der Waals surface area contributed by atoms with Gasteiger partial charge in [-0.3, -0.25) is 4.79 Å². The first-order valence-corrected chi connectivity index (χ1v) is 11.3. The number of nitrogens with zero attached hydrogens (tertiary/aromatic N) is 4. The lowest BCUT2D eigenvalue weighted by atomic mass is 10.0. The molecule has 2 aromatic carbocycles. The van der Waals surface area contributed by atoms with E-state index in [-0.39, 0.29) is 72.4 Å². The van der Waals surface area contributed by atoms with Crippen molar-refractivity contribution in [1.82, 2.24) is 14.9 Å². The van der Waals surface area contributed by atoms with E-state index in [0.29, 0.717) is 0 Å². The van der Waals surface area contributed by atoms with Crippen LogP contribution in [-0.2, 0) is 9.53 Å². The van der Waals surface area contributed by atoms with Crippen molar-refractivity contribution < 1.29 is 33.3 Å². The second kappa shape index (κ2) is 10.4. The third-order valence-electron chi connectivity index (χ3n) is 5.79. The number of esters is 1. The number of halogens is 3. The summed E-state index contributed by atoms with van der Waals surface area (Å²) in [7, 11) is 1.25. The van der Waals surface area contributed by atoms with Gasteiger partial charge in [-0.05, 0) is 18.2 Å². The summed E-state index contributed by atoms with van der Waals surface area (Å²) in [5.74, 6) is -2.52. The summed E-state index contributed by atoms with van der Waals surface area (Å²) in [4.78, 5) is 34.5. The minimum Gasteiger partial charge on any atom is -0.507 e. The predicted molar refractivity (Wildman–Crippen MR) is 128 cm³/mol. The monoisotopic (exact) mass is 521 g/mol. The Balaban J connectivity index is 1.84. The fourth-order valence-electron chi connectivity index (χ4n) is 3.98. The van der Waals surface area contributed by atoms with Gasteiger partial charge in [0.25, 0.3) is 0 Å². The second-order valence-corrected chi connectivity index (χ2v) is 8.37. The van der Waals surface area contributed by atoms with E-state index in [4.69, 9.17) is 11.6 Å². The van der Waals surface area contributed by atoms with E-state index in [1.807, 2.05) is 0 Å². The molecule has 3 aromatic rings. The molecule has 1 saturated heterocycles. The van der Waals surface area contributed by atoms with Crippen LogP contribution in [0.15, 0.2) is 24.3 Å². The molecular weight excluding hydrogens is 500 g/mol. The molecule has 13 heteroatoms. The van der Waals surface area contributed by atoms with E-state index in [1.54, 1.807) is 4.90 Å². The maximum absolute atomic E-state index is 15.9. The first kappa shape index (κ1) is 25.2. The number of carbonyl (C=O) groups is 2. The highest BCUT2D eigenvalue weighted by Crippen LogP contribution is 2.42. The molecule has 4 rings (SSSR count). The maximum Gasteiger partial charge on any atom is 0.407 e. The zero-order chi connectivity index (χ0) is 26.0. The molecule has 0 saturated carbocycles. The van der Waals surface area contributed by atoms with Crippen LogP contribution in [0.2, 0.25) is 5.02 Å². The minimum absolute atomic E-state index is 0.00195. The normalized spacial score (nSPS) is 13.7. The second-order valence-electron chi connectivity index (χ2n) is 7.96. The van der Waals surface area contributed by atoms with Gasteiger partial charge < -0.3 is 30.1 Å². The van der Waals surface area contributed by atoms with Crippen LogP contribution in [0.4, 0.5) is 25.3 Å². The van der Waals surface area contributed by atoms with E-state index in [1.165, 1.54) is 30.2 Å². The van der Waals surface area contributed by atoms with Crippen LogP contribution in [0.3, 0.4) is 0 Å². The molecule has 1 aromatic heterocycles. The molecule has 1 amide bonds. The van der Waals surface area contributed by atoms with Gasteiger partial charge in [0.15, 0.2) is 5.82 Å². The summed E-state index contributed by atoms with van der Waals surface area (Å²) in [6.07, 6.45) is -1.04. The highest BCUT2D eigenvalue weighted by atomic mass is 35.5. The fraction of sp³-hybridized carbons (Fsp3) is 0.304. The number of carboxylic acid groups (broad SMARTS) is 1. The van der Waals surface area contributed by atoms with Crippen LogP contribution >= 0.6 is 11.6 Å². The topological polar surface area (TPSA) is 128 Å². The van der Waals surface area contributed by atoms with Crippen molar-refractivity contribution in [1.29, 1.82) is 0 Å². The molecule has 0 unspecified atom stereocenters. The number of phenolic OH excluding ortho intramolecular Hbond substituents is 1. The number of amides is 1. The van der Waals surface area contributed by atoms with E-state index in [0.717, 1.165) is 6.07 Å². The number of anilines is 2. The number of carbonyl (C=O) groups excluding carboxylic acids is 1. The summed E-state index contributed by atoms with van der Waals surface area (Å²) in [5.41, 5.74) is -0.957. The lowest BCUT2D eigenvalue weighted by molar-refractivity contribution is -0.140. The molecule has 0 spiro atoms. The van der Waals surface area contributed by atoms with E-state index >= 15 is 4.39 Å². The zero-order valence-corrected chi connectivity index (χ0v) is 19.8. The number of piperazine rings is 1. The van der Waals surface area contributed by atoms with Gasteiger partial charge in [-0.1, -0.05) is 17.7 Å². The number of hydrogen-bond donors (Lipinski definition) is 3. The number of methoxy groups -OCH3 is 1. The van der Waals surface area contributed by atoms with Gasteiger partial charge in [-0.2, -0.15) is 4.98 Å². The molecule has 2 heterocycles. The summed E-state index contributed by atoms with van der Waals surface area (Å²) in [6, 6.07) is 4.95. The molecule has 1 aliphatic rings. The van der Waals surface area contributed by atoms with Crippen molar-refractivity contribution in [2.24, 2.45) is 0 Å². The molecule has 3 N–H and O–H groups in total. The SMILES string of the molecule is COC(=O)CCNc1nc(N2CCN(C(=O)O)CC2)c2cc(Cl)c(-c3c(O)cccc3F)c(F)c2n1. The van der Waals surface area contributed by atoms with E-state index in [2.05, 4.69) is 20.0 Å². The largest absolute Gasteiger partial charge is 0.507 e. The number of fused-ring (bicyclic) bond motifs is 1. The Hall–Kier alpha value is -3.93. The average molecular weight is 522 g/mol. The smallest absolute Gasteiger partial charge is 0.407 e. The Bertz CT molecular complexity index is 1310. The van der Waals surface area contributed by atoms with E-state index in [9.17, 15) is 24.2 Å². The van der Waals surface area contributed by atoms with Gasteiger partial charge in [0.05, 0.1) is 24.1 Å². The summed E-state index contributed by atoms with van der Waals surface area (Å²) < 4.78 is 35.1. The zero-order valence-electron chi connectivity index (χ0n) is 19.1. The predicted octanol–water partition coefficient (Wildman–Crippen LogP) is 3.71. The van der Waals surface area contributed by atoms with Gasteiger partial charge in [0.2, 0.25) is 5.95 Å². The third-order valence-corrected chi connectivity index (χ3v) is 6.09. The van der Waals surface area contributed by atoms with Crippen LogP contribution in [0.5, 0.6) is 5.75 Å². The van der Waals surface area contributed by atoms with Crippen molar-refractivity contribution in [2.45, 2.75) is 6.42 Å². The number of hydrogen-bond acceptors (Lipinski definition) is 8. The van der Waals surface area contributed by atoms with Crippen LogP contribution < -0.4 is 10.2 Å². The molecule has 36 heavy (non-hydrogen) atoms. The van der Waals surface area contributed by atoms with Gasteiger partial charge >= 0.3 is 12.1 Å². The summed E-state index contributed by atoms with van der Waals surface area (Å²) >= 11 is 6.39. The first-order chi connectivity index (χ1) is 17.2. The van der Waals surface area contributed by atoms with Crippen LogP contribution in [0.25, 0.3) is 22.0 Å². The Kier molecular flexibility index (Phi) is 7.25. The molecule has 10 nitrogen and oxygen atoms in total. The van der Waals surface area contributed by atoms with Crippen molar-refractivity contribution in [3.63, 3.8) is 0 Å². The first-order valence-electron chi connectivity index (χ1n) is 10.9. The van der Waals surface area contributed by atoms with Crippen LogP contribution in [0, 0.1) is 11.6 Å². The van der Waals surface area contributed by atoms with Crippen molar-refractivity contribution in [3.05, 3.63) is 40.9 Å². The fourth-order valence-corrected chi connectivity index (χ4v) is 4.26. The quantitative estimate of drug-likeness (QED) is 0.416. The number of rotatable bonds is 6.